The minimum atomic E-state index is 0.775. The lowest BCUT2D eigenvalue weighted by molar-refractivity contribution is 0.0464. The number of rotatable bonds is 13. The van der Waals surface area contributed by atoms with Crippen LogP contribution in [0, 0.1) is 35.5 Å². The lowest BCUT2D eigenvalue weighted by Crippen LogP contribution is -2.36. The first-order valence-electron chi connectivity index (χ1n) is 15.2. The monoisotopic (exact) mass is 439 g/mol. The van der Waals surface area contributed by atoms with E-state index in [2.05, 4.69) is 18.3 Å². The molecule has 1 nitrogen and oxygen atoms in total. The molecule has 32 heavy (non-hydrogen) atoms. The molecule has 0 bridgehead atoms. The molecule has 0 radical (unpaired) electrons. The van der Waals surface area contributed by atoms with E-state index in [4.69, 9.17) is 0 Å². The molecule has 0 aliphatic heterocycles. The highest BCUT2D eigenvalue weighted by atomic mass is 15.0. The van der Waals surface area contributed by atoms with Crippen molar-refractivity contribution >= 4 is 0 Å². The van der Waals surface area contributed by atoms with Gasteiger partial charge < -0.3 is 5.32 Å². The lowest BCUT2D eigenvalue weighted by atomic mass is 9.59. The maximum absolute atomic E-state index is 4.11. The molecule has 0 amide bonds. The molecule has 0 aromatic heterocycles. The molecule has 7 atom stereocenters. The van der Waals surface area contributed by atoms with Crippen molar-refractivity contribution in [3.05, 3.63) is 11.6 Å². The van der Waals surface area contributed by atoms with Crippen LogP contribution in [0.3, 0.4) is 0 Å². The van der Waals surface area contributed by atoms with Crippen molar-refractivity contribution < 1.29 is 0 Å². The van der Waals surface area contributed by atoms with Crippen LogP contribution < -0.4 is 5.32 Å². The van der Waals surface area contributed by atoms with Gasteiger partial charge in [-0.05, 0) is 125 Å². The molecule has 0 spiro atoms. The van der Waals surface area contributed by atoms with Crippen LogP contribution in [-0.4, -0.2) is 12.1 Å². The highest BCUT2D eigenvalue weighted by Crippen LogP contribution is 2.51. The number of nitrogens with one attached hydrogen (secondary N) is 1. The molecule has 0 aromatic carbocycles. The molecule has 0 saturated heterocycles. The number of unbranched alkanes of at least 4 members (excludes halogenated alkanes) is 1. The largest absolute Gasteiger partial charge is 0.311 e. The molecule has 0 heterocycles. The molecule has 4 fully saturated rings. The quantitative estimate of drug-likeness (QED) is 0.223. The summed E-state index contributed by atoms with van der Waals surface area (Å²) in [7, 11) is 0. The van der Waals surface area contributed by atoms with Crippen LogP contribution in [-0.2, 0) is 0 Å². The fourth-order valence-corrected chi connectivity index (χ4v) is 8.35. The topological polar surface area (TPSA) is 12.0 Å². The lowest BCUT2D eigenvalue weighted by Gasteiger charge is -2.46. The standard InChI is InChI=1S/C31H53N/c1-2-29(12-4-3-7-23-8-5-9-23)32-30-19-17-28(22-30)27-16-14-24(21-27)13-15-26-18-20-31(26)25-10-6-11-25/h8,24-32H,2-7,9-22H2,1H3/t24?,26-,27?,28?,29?,30?,31?/m1/s1. The number of hydrogen-bond acceptors (Lipinski definition) is 1. The van der Waals surface area contributed by atoms with Gasteiger partial charge in [0.15, 0.2) is 0 Å². The maximum Gasteiger partial charge on any atom is 0.00724 e. The first-order chi connectivity index (χ1) is 15.8. The van der Waals surface area contributed by atoms with E-state index in [0.717, 1.165) is 47.6 Å². The van der Waals surface area contributed by atoms with Gasteiger partial charge in [0.25, 0.3) is 0 Å². The Morgan fingerprint density at radius 3 is 2.41 bits per heavy atom. The minimum absolute atomic E-state index is 0.775. The zero-order chi connectivity index (χ0) is 21.8. The third-order valence-corrected chi connectivity index (χ3v) is 11.1. The Morgan fingerprint density at radius 1 is 0.875 bits per heavy atom. The van der Waals surface area contributed by atoms with E-state index in [-0.39, 0.29) is 0 Å². The summed E-state index contributed by atoms with van der Waals surface area (Å²) >= 11 is 0. The molecule has 5 aliphatic rings. The zero-order valence-corrected chi connectivity index (χ0v) is 21.3. The van der Waals surface area contributed by atoms with Crippen LogP contribution in [0.25, 0.3) is 0 Å². The van der Waals surface area contributed by atoms with Crippen LogP contribution in [0.2, 0.25) is 0 Å². The van der Waals surface area contributed by atoms with Gasteiger partial charge in [-0.25, -0.2) is 0 Å². The minimum Gasteiger partial charge on any atom is -0.311 e. The maximum atomic E-state index is 4.11. The van der Waals surface area contributed by atoms with Gasteiger partial charge in [0.1, 0.15) is 0 Å². The van der Waals surface area contributed by atoms with E-state index in [9.17, 15) is 0 Å². The highest BCUT2D eigenvalue weighted by molar-refractivity contribution is 5.11. The summed E-state index contributed by atoms with van der Waals surface area (Å²) in [6.45, 7) is 2.40. The van der Waals surface area contributed by atoms with Crippen LogP contribution >= 0.6 is 0 Å². The molecular weight excluding hydrogens is 386 g/mol. The Labute approximate surface area is 200 Å². The van der Waals surface area contributed by atoms with Crippen molar-refractivity contribution in [1.29, 1.82) is 0 Å². The van der Waals surface area contributed by atoms with E-state index < -0.39 is 0 Å². The Hall–Kier alpha value is -0.300. The van der Waals surface area contributed by atoms with Crippen molar-refractivity contribution in [3.8, 4) is 0 Å². The summed E-state index contributed by atoms with van der Waals surface area (Å²) in [5.41, 5.74) is 1.74. The Morgan fingerprint density at radius 2 is 1.72 bits per heavy atom. The predicted octanol–water partition coefficient (Wildman–Crippen LogP) is 8.83. The van der Waals surface area contributed by atoms with Crippen LogP contribution in [0.4, 0.5) is 0 Å². The van der Waals surface area contributed by atoms with E-state index in [1.807, 2.05) is 0 Å². The van der Waals surface area contributed by atoms with Crippen LogP contribution in [0.15, 0.2) is 11.6 Å². The second kappa shape index (κ2) is 11.4. The third kappa shape index (κ3) is 5.84. The van der Waals surface area contributed by atoms with Crippen molar-refractivity contribution in [2.75, 3.05) is 0 Å². The van der Waals surface area contributed by atoms with Gasteiger partial charge in [0, 0.05) is 12.1 Å². The normalized spacial score (nSPS) is 38.1. The Balaban J connectivity index is 0.962. The molecule has 1 heteroatoms. The highest BCUT2D eigenvalue weighted by Gasteiger charge is 2.40. The van der Waals surface area contributed by atoms with Crippen LogP contribution in [0.5, 0.6) is 0 Å². The van der Waals surface area contributed by atoms with Gasteiger partial charge in [-0.3, -0.25) is 0 Å². The molecule has 5 aliphatic carbocycles. The van der Waals surface area contributed by atoms with Gasteiger partial charge in [-0.2, -0.15) is 0 Å². The molecular formula is C31H53N. The number of allylic oxidation sites excluding steroid dienone is 2. The van der Waals surface area contributed by atoms with Gasteiger partial charge in [-0.15, -0.1) is 0 Å². The fourth-order valence-electron chi connectivity index (χ4n) is 8.35. The van der Waals surface area contributed by atoms with Gasteiger partial charge in [0.05, 0.1) is 0 Å². The van der Waals surface area contributed by atoms with Crippen molar-refractivity contribution in [1.82, 2.24) is 5.32 Å². The average molecular weight is 440 g/mol. The predicted molar refractivity (Wildman–Crippen MR) is 138 cm³/mol. The second-order valence-electron chi connectivity index (χ2n) is 12.9. The molecule has 4 saturated carbocycles. The zero-order valence-electron chi connectivity index (χ0n) is 21.3. The summed E-state index contributed by atoms with van der Waals surface area (Å²) in [5, 5.41) is 4.11. The summed E-state index contributed by atoms with van der Waals surface area (Å²) in [4.78, 5) is 0. The molecule has 1 N–H and O–H groups in total. The van der Waals surface area contributed by atoms with E-state index in [0.29, 0.717) is 0 Å². The first-order valence-corrected chi connectivity index (χ1v) is 15.2. The average Bonchev–Trinajstić information content (AvgIpc) is 3.36. The molecule has 182 valence electrons. The van der Waals surface area contributed by atoms with E-state index in [1.54, 1.807) is 63.4 Å². The third-order valence-electron chi connectivity index (χ3n) is 11.1. The summed E-state index contributed by atoms with van der Waals surface area (Å²) < 4.78 is 0. The SMILES string of the molecule is CCC(CCCCC1=CCC1)NC1CCC(C2CCC(CC[C@@H]3CCC3C3CCC3)C2)C1. The fraction of sp³-hybridized carbons (Fsp3) is 0.935. The second-order valence-corrected chi connectivity index (χ2v) is 12.9. The Kier molecular flexibility index (Phi) is 8.36. The van der Waals surface area contributed by atoms with Crippen molar-refractivity contribution in [2.45, 2.75) is 147 Å². The summed E-state index contributed by atoms with van der Waals surface area (Å²) in [6, 6.07) is 1.60. The summed E-state index contributed by atoms with van der Waals surface area (Å²) in [6.07, 6.45) is 32.3. The van der Waals surface area contributed by atoms with Gasteiger partial charge in [0.2, 0.25) is 0 Å². The van der Waals surface area contributed by atoms with Gasteiger partial charge >= 0.3 is 0 Å². The van der Waals surface area contributed by atoms with Crippen molar-refractivity contribution in [3.63, 3.8) is 0 Å². The van der Waals surface area contributed by atoms with E-state index in [1.165, 1.54) is 70.6 Å². The molecule has 5 rings (SSSR count). The van der Waals surface area contributed by atoms with E-state index >= 15 is 0 Å². The molecule has 0 aromatic rings. The first kappa shape index (κ1) is 23.4. The summed E-state index contributed by atoms with van der Waals surface area (Å²) in [5.74, 6) is 6.66. The van der Waals surface area contributed by atoms with Gasteiger partial charge in [-0.1, -0.05) is 57.1 Å². The van der Waals surface area contributed by atoms with Crippen LogP contribution in [0.1, 0.15) is 135 Å². The Bertz CT molecular complexity index is 604. The smallest absolute Gasteiger partial charge is 0.00724 e. The van der Waals surface area contributed by atoms with Crippen molar-refractivity contribution in [2.24, 2.45) is 35.5 Å². The molecule has 6 unspecified atom stereocenters. The number of hydrogen-bond donors (Lipinski definition) is 1.